The molecule has 2 aliphatic heterocycles. The molecule has 0 spiro atoms. The van der Waals surface area contributed by atoms with Crippen LogP contribution in [0.4, 0.5) is 13.2 Å². The van der Waals surface area contributed by atoms with Gasteiger partial charge in [-0.05, 0) is 18.4 Å². The van der Waals surface area contributed by atoms with Crippen LogP contribution in [-0.4, -0.2) is 69.0 Å². The Labute approximate surface area is 157 Å². The highest BCUT2D eigenvalue weighted by molar-refractivity contribution is 5.88. The predicted molar refractivity (Wildman–Crippen MR) is 95.5 cm³/mol. The minimum absolute atomic E-state index is 0.317. The highest BCUT2D eigenvalue weighted by atomic mass is 19.4. The van der Waals surface area contributed by atoms with E-state index in [4.69, 9.17) is 4.74 Å². The Morgan fingerprint density at radius 2 is 1.81 bits per heavy atom. The highest BCUT2D eigenvalue weighted by Crippen LogP contribution is 2.35. The fraction of sp³-hybridized carbons (Fsp3) is 0.632. The Balaban J connectivity index is 1.74. The number of piperazine rings is 1. The largest absolute Gasteiger partial charge is 0.405 e. The number of carbonyl (C=O) groups excluding carboxylic acids is 1. The number of nitrogens with zero attached hydrogens (tertiary/aromatic N) is 1. The Kier molecular flexibility index (Phi) is 6.39. The first-order valence-electron chi connectivity index (χ1n) is 9.36. The quantitative estimate of drug-likeness (QED) is 0.810. The van der Waals surface area contributed by atoms with Gasteiger partial charge in [-0.2, -0.15) is 13.2 Å². The zero-order valence-corrected chi connectivity index (χ0v) is 15.2. The number of nitrogens with one attached hydrogen (secondary N) is 2. The summed E-state index contributed by atoms with van der Waals surface area (Å²) in [6.45, 7) is 2.08. The van der Waals surface area contributed by atoms with Crippen LogP contribution in [0.1, 0.15) is 18.4 Å². The first-order chi connectivity index (χ1) is 12.9. The van der Waals surface area contributed by atoms with Gasteiger partial charge in [0.25, 0.3) is 0 Å². The molecule has 2 fully saturated rings. The molecule has 0 saturated carbocycles. The van der Waals surface area contributed by atoms with Crippen molar-refractivity contribution in [3.05, 3.63) is 35.9 Å². The SMILES string of the molecule is O=C(NCC(N1CCNCC1)C(F)(F)F)C1(c2ccccc2)CCOCC1. The number of ether oxygens (including phenoxy) is 1. The Morgan fingerprint density at radius 1 is 1.19 bits per heavy atom. The standard InChI is InChI=1S/C19H26F3N3O2/c20-19(21,22)16(25-10-8-23-9-11-25)14-24-17(26)18(6-12-27-13-7-18)15-4-2-1-3-5-15/h1-5,16,23H,6-14H2,(H,24,26). The first-order valence-corrected chi connectivity index (χ1v) is 9.36. The van der Waals surface area contributed by atoms with Gasteiger partial charge in [-0.3, -0.25) is 9.69 Å². The summed E-state index contributed by atoms with van der Waals surface area (Å²) in [4.78, 5) is 14.5. The molecule has 5 nitrogen and oxygen atoms in total. The van der Waals surface area contributed by atoms with Gasteiger partial charge in [0.05, 0.1) is 5.41 Å². The minimum atomic E-state index is -4.39. The molecule has 0 radical (unpaired) electrons. The molecule has 3 rings (SSSR count). The van der Waals surface area contributed by atoms with Gasteiger partial charge in [-0.1, -0.05) is 30.3 Å². The van der Waals surface area contributed by atoms with Crippen LogP contribution in [0.15, 0.2) is 30.3 Å². The molecule has 2 N–H and O–H groups in total. The molecule has 1 aromatic rings. The number of rotatable bonds is 5. The van der Waals surface area contributed by atoms with E-state index in [0.29, 0.717) is 52.2 Å². The van der Waals surface area contributed by atoms with Crippen LogP contribution in [-0.2, 0) is 14.9 Å². The van der Waals surface area contributed by atoms with Crippen molar-refractivity contribution in [1.29, 1.82) is 0 Å². The van der Waals surface area contributed by atoms with Gasteiger partial charge in [-0.25, -0.2) is 0 Å². The molecule has 2 aliphatic rings. The second-order valence-corrected chi connectivity index (χ2v) is 7.11. The molecule has 27 heavy (non-hydrogen) atoms. The second-order valence-electron chi connectivity index (χ2n) is 7.11. The third-order valence-electron chi connectivity index (χ3n) is 5.53. The van der Waals surface area contributed by atoms with Crippen molar-refractivity contribution in [2.75, 3.05) is 45.9 Å². The van der Waals surface area contributed by atoms with Gasteiger partial charge >= 0.3 is 6.18 Å². The van der Waals surface area contributed by atoms with E-state index in [0.717, 1.165) is 5.56 Å². The van der Waals surface area contributed by atoms with E-state index in [1.807, 2.05) is 30.3 Å². The molecule has 2 saturated heterocycles. The van der Waals surface area contributed by atoms with Gasteiger partial charge in [-0.15, -0.1) is 0 Å². The van der Waals surface area contributed by atoms with E-state index in [-0.39, 0.29) is 5.91 Å². The molecule has 8 heteroatoms. The van der Waals surface area contributed by atoms with Crippen LogP contribution in [0, 0.1) is 0 Å². The Hall–Kier alpha value is -1.64. The van der Waals surface area contributed by atoms with E-state index >= 15 is 0 Å². The van der Waals surface area contributed by atoms with Crippen LogP contribution in [0.2, 0.25) is 0 Å². The summed E-state index contributed by atoms with van der Waals surface area (Å²) in [5, 5.41) is 5.67. The lowest BCUT2D eigenvalue weighted by molar-refractivity contribution is -0.184. The predicted octanol–water partition coefficient (Wildman–Crippen LogP) is 1.69. The number of alkyl halides is 3. The lowest BCUT2D eigenvalue weighted by Crippen LogP contribution is -2.59. The van der Waals surface area contributed by atoms with E-state index in [2.05, 4.69) is 10.6 Å². The van der Waals surface area contributed by atoms with Gasteiger partial charge in [0.1, 0.15) is 6.04 Å². The summed E-state index contributed by atoms with van der Waals surface area (Å²) >= 11 is 0. The van der Waals surface area contributed by atoms with E-state index in [1.54, 1.807) is 0 Å². The molecular formula is C19H26F3N3O2. The number of carbonyl (C=O) groups is 1. The molecule has 1 unspecified atom stereocenters. The second kappa shape index (κ2) is 8.58. The first kappa shape index (κ1) is 20.1. The Morgan fingerprint density at radius 3 is 2.41 bits per heavy atom. The van der Waals surface area contributed by atoms with Crippen LogP contribution in [0.25, 0.3) is 0 Å². The summed E-state index contributed by atoms with van der Waals surface area (Å²) in [7, 11) is 0. The van der Waals surface area contributed by atoms with Gasteiger partial charge < -0.3 is 15.4 Å². The monoisotopic (exact) mass is 385 g/mol. The van der Waals surface area contributed by atoms with Gasteiger partial charge in [0.2, 0.25) is 5.91 Å². The van der Waals surface area contributed by atoms with E-state index < -0.39 is 24.2 Å². The topological polar surface area (TPSA) is 53.6 Å². The maximum atomic E-state index is 13.6. The van der Waals surface area contributed by atoms with Crippen LogP contribution >= 0.6 is 0 Å². The molecule has 1 amide bonds. The maximum Gasteiger partial charge on any atom is 0.405 e. The lowest BCUT2D eigenvalue weighted by Gasteiger charge is -2.39. The summed E-state index contributed by atoms with van der Waals surface area (Å²) < 4.78 is 46.1. The van der Waals surface area contributed by atoms with E-state index in [9.17, 15) is 18.0 Å². The zero-order chi connectivity index (χ0) is 19.3. The molecular weight excluding hydrogens is 359 g/mol. The van der Waals surface area contributed by atoms with Gasteiger partial charge in [0, 0.05) is 45.9 Å². The summed E-state index contributed by atoms with van der Waals surface area (Å²) in [6, 6.07) is 7.61. The molecule has 1 atom stereocenters. The highest BCUT2D eigenvalue weighted by Gasteiger charge is 2.46. The molecule has 150 valence electrons. The molecule has 0 aliphatic carbocycles. The number of amides is 1. The number of benzene rings is 1. The summed E-state index contributed by atoms with van der Waals surface area (Å²) in [6.07, 6.45) is -3.46. The summed E-state index contributed by atoms with van der Waals surface area (Å²) in [5.74, 6) is -0.346. The Bertz CT molecular complexity index is 612. The lowest BCUT2D eigenvalue weighted by atomic mass is 9.73. The van der Waals surface area contributed by atoms with Crippen molar-refractivity contribution < 1.29 is 22.7 Å². The molecule has 0 aromatic heterocycles. The number of halogens is 3. The van der Waals surface area contributed by atoms with Crippen LogP contribution < -0.4 is 10.6 Å². The normalized spacial score (nSPS) is 22.2. The fourth-order valence-electron chi connectivity index (χ4n) is 3.93. The van der Waals surface area contributed by atoms with Gasteiger partial charge in [0.15, 0.2) is 0 Å². The minimum Gasteiger partial charge on any atom is -0.381 e. The van der Waals surface area contributed by atoms with Crippen molar-refractivity contribution in [2.45, 2.75) is 30.5 Å². The molecule has 1 aromatic carbocycles. The van der Waals surface area contributed by atoms with Crippen molar-refractivity contribution in [1.82, 2.24) is 15.5 Å². The van der Waals surface area contributed by atoms with Crippen molar-refractivity contribution in [3.8, 4) is 0 Å². The van der Waals surface area contributed by atoms with Crippen LogP contribution in [0.3, 0.4) is 0 Å². The third-order valence-corrected chi connectivity index (χ3v) is 5.53. The third kappa shape index (κ3) is 4.62. The number of hydrogen-bond acceptors (Lipinski definition) is 4. The van der Waals surface area contributed by atoms with E-state index in [1.165, 1.54) is 4.90 Å². The van der Waals surface area contributed by atoms with Crippen molar-refractivity contribution in [2.24, 2.45) is 0 Å². The molecule has 0 bridgehead atoms. The smallest absolute Gasteiger partial charge is 0.381 e. The summed E-state index contributed by atoms with van der Waals surface area (Å²) in [5.41, 5.74) is -0.00409. The average Bonchev–Trinajstić information content (AvgIpc) is 2.69. The number of hydrogen-bond donors (Lipinski definition) is 2. The van der Waals surface area contributed by atoms with Crippen molar-refractivity contribution in [3.63, 3.8) is 0 Å². The average molecular weight is 385 g/mol. The molecule has 2 heterocycles. The fourth-order valence-corrected chi connectivity index (χ4v) is 3.93. The van der Waals surface area contributed by atoms with Crippen molar-refractivity contribution >= 4 is 5.91 Å². The van der Waals surface area contributed by atoms with Crippen LogP contribution in [0.5, 0.6) is 0 Å². The zero-order valence-electron chi connectivity index (χ0n) is 15.2. The maximum absolute atomic E-state index is 13.6.